The Morgan fingerprint density at radius 1 is 1.13 bits per heavy atom. The first-order chi connectivity index (χ1) is 10.8. The fourth-order valence-corrected chi connectivity index (χ4v) is 3.59. The molecule has 126 valence electrons. The van der Waals surface area contributed by atoms with Crippen molar-refractivity contribution < 1.29 is 14.3 Å². The average Bonchev–Trinajstić information content (AvgIpc) is 2.45. The van der Waals surface area contributed by atoms with Crippen LogP contribution in [0.1, 0.15) is 44.0 Å². The number of piperidine rings is 1. The van der Waals surface area contributed by atoms with E-state index in [1.54, 1.807) is 0 Å². The van der Waals surface area contributed by atoms with Crippen LogP contribution in [-0.4, -0.2) is 48.6 Å². The van der Waals surface area contributed by atoms with Gasteiger partial charge in [0, 0.05) is 23.6 Å². The van der Waals surface area contributed by atoms with Gasteiger partial charge in [-0.3, -0.25) is 9.69 Å². The monoisotopic (exact) mass is 317 g/mol. The summed E-state index contributed by atoms with van der Waals surface area (Å²) >= 11 is 0. The molecule has 1 aromatic carbocycles. The third-order valence-electron chi connectivity index (χ3n) is 4.82. The fraction of sp³-hybridized carbons (Fsp3) is 0.632. The lowest BCUT2D eigenvalue weighted by Crippen LogP contribution is -2.55. The predicted molar refractivity (Wildman–Crippen MR) is 90.0 cm³/mol. The Balaban J connectivity index is 1.68. The molecule has 2 unspecified atom stereocenters. The van der Waals surface area contributed by atoms with Gasteiger partial charge in [0.15, 0.2) is 5.78 Å². The van der Waals surface area contributed by atoms with E-state index in [0.29, 0.717) is 12.1 Å². The second kappa shape index (κ2) is 6.25. The van der Waals surface area contributed by atoms with Crippen molar-refractivity contribution in [3.05, 3.63) is 29.8 Å². The van der Waals surface area contributed by atoms with Crippen molar-refractivity contribution in [1.29, 1.82) is 0 Å². The molecule has 2 heterocycles. The highest BCUT2D eigenvalue weighted by molar-refractivity contribution is 5.98. The molecule has 1 aromatic rings. The summed E-state index contributed by atoms with van der Waals surface area (Å²) in [7, 11) is 2.15. The largest absolute Gasteiger partial charge is 0.488 e. The van der Waals surface area contributed by atoms with Crippen LogP contribution in [0, 0.1) is 5.92 Å². The molecule has 23 heavy (non-hydrogen) atoms. The highest BCUT2D eigenvalue weighted by Gasteiger charge is 2.39. The fourth-order valence-electron chi connectivity index (χ4n) is 3.59. The molecule has 2 fully saturated rings. The number of nitrogens with zero attached hydrogens (tertiary/aromatic N) is 1. The molecule has 2 saturated heterocycles. The van der Waals surface area contributed by atoms with Crippen molar-refractivity contribution in [2.45, 2.75) is 51.3 Å². The van der Waals surface area contributed by atoms with Gasteiger partial charge in [0.25, 0.3) is 0 Å². The van der Waals surface area contributed by atoms with Crippen LogP contribution in [-0.2, 0) is 4.74 Å². The minimum Gasteiger partial charge on any atom is -0.488 e. The quantitative estimate of drug-likeness (QED) is 0.803. The normalized spacial score (nSPS) is 28.4. The number of fused-ring (bicyclic) bond motifs is 2. The first-order valence-electron chi connectivity index (χ1n) is 8.46. The van der Waals surface area contributed by atoms with Crippen LogP contribution in [0.2, 0.25) is 0 Å². The van der Waals surface area contributed by atoms with E-state index < -0.39 is 0 Å². The lowest BCUT2D eigenvalue weighted by atomic mass is 9.81. The Labute approximate surface area is 138 Å². The van der Waals surface area contributed by atoms with Gasteiger partial charge < -0.3 is 9.47 Å². The minimum atomic E-state index is -0.225. The highest BCUT2D eigenvalue weighted by atomic mass is 16.5. The molecule has 0 aromatic heterocycles. The van der Waals surface area contributed by atoms with Crippen LogP contribution >= 0.6 is 0 Å². The van der Waals surface area contributed by atoms with E-state index >= 15 is 0 Å². The van der Waals surface area contributed by atoms with Gasteiger partial charge in [-0.1, -0.05) is 0 Å². The molecule has 0 saturated carbocycles. The number of carbonyl (C=O) groups is 1. The number of hydrogen-bond acceptors (Lipinski definition) is 4. The van der Waals surface area contributed by atoms with Crippen LogP contribution < -0.4 is 4.74 Å². The molecule has 0 radical (unpaired) electrons. The van der Waals surface area contributed by atoms with E-state index in [1.165, 1.54) is 0 Å². The van der Waals surface area contributed by atoms with Crippen LogP contribution in [0.25, 0.3) is 0 Å². The molecule has 2 bridgehead atoms. The van der Waals surface area contributed by atoms with Gasteiger partial charge in [0.2, 0.25) is 0 Å². The number of benzene rings is 1. The molecule has 0 N–H and O–H groups in total. The van der Waals surface area contributed by atoms with Crippen LogP contribution in [0.15, 0.2) is 24.3 Å². The van der Waals surface area contributed by atoms with Gasteiger partial charge in [-0.15, -0.1) is 0 Å². The first kappa shape index (κ1) is 16.5. The molecule has 2 atom stereocenters. The summed E-state index contributed by atoms with van der Waals surface area (Å²) in [5.41, 5.74) is 0.566. The first-order valence-corrected chi connectivity index (χ1v) is 8.46. The molecule has 0 aliphatic carbocycles. The number of carbonyl (C=O) groups excluding carboxylic acids is 1. The summed E-state index contributed by atoms with van der Waals surface area (Å²) in [5, 5.41) is 0. The second-order valence-electron chi connectivity index (χ2n) is 7.78. The Morgan fingerprint density at radius 2 is 1.70 bits per heavy atom. The number of hydrogen-bond donors (Lipinski definition) is 0. The van der Waals surface area contributed by atoms with Gasteiger partial charge >= 0.3 is 0 Å². The zero-order valence-corrected chi connectivity index (χ0v) is 14.5. The van der Waals surface area contributed by atoms with Gasteiger partial charge in [0.05, 0.1) is 13.2 Å². The van der Waals surface area contributed by atoms with Gasteiger partial charge in [-0.05, 0) is 64.9 Å². The van der Waals surface area contributed by atoms with Gasteiger partial charge in [-0.2, -0.15) is 0 Å². The van der Waals surface area contributed by atoms with Gasteiger partial charge in [0.1, 0.15) is 11.4 Å². The topological polar surface area (TPSA) is 38.8 Å². The van der Waals surface area contributed by atoms with E-state index in [9.17, 15) is 4.79 Å². The Bertz CT molecular complexity index is 547. The van der Waals surface area contributed by atoms with E-state index in [4.69, 9.17) is 9.47 Å². The molecule has 0 spiro atoms. The van der Waals surface area contributed by atoms with Crippen LogP contribution in [0.3, 0.4) is 0 Å². The number of ether oxygens (including phenoxy) is 2. The van der Waals surface area contributed by atoms with E-state index in [2.05, 4.69) is 11.9 Å². The SMILES string of the molecule is CN1C2COCC1CC(C(=O)c1ccc(OC(C)(C)C)cc1)C2. The lowest BCUT2D eigenvalue weighted by Gasteiger charge is -2.46. The Hall–Kier alpha value is -1.39. The number of Topliss-reactive ketones (excluding diaryl/α,β-unsaturated/α-hetero) is 1. The molecule has 4 nitrogen and oxygen atoms in total. The molecule has 3 rings (SSSR count). The summed E-state index contributed by atoms with van der Waals surface area (Å²) in [5.74, 6) is 1.18. The van der Waals surface area contributed by atoms with Crippen molar-refractivity contribution in [2.75, 3.05) is 20.3 Å². The van der Waals surface area contributed by atoms with Crippen molar-refractivity contribution in [3.8, 4) is 5.75 Å². The van der Waals surface area contributed by atoms with Crippen molar-refractivity contribution in [3.63, 3.8) is 0 Å². The number of ketones is 1. The predicted octanol–water partition coefficient (Wildman–Crippen LogP) is 3.16. The summed E-state index contributed by atoms with van der Waals surface area (Å²) in [4.78, 5) is 15.2. The molecular weight excluding hydrogens is 290 g/mol. The maximum atomic E-state index is 12.8. The smallest absolute Gasteiger partial charge is 0.166 e. The van der Waals surface area contributed by atoms with Crippen molar-refractivity contribution in [1.82, 2.24) is 4.90 Å². The zero-order chi connectivity index (χ0) is 16.6. The summed E-state index contributed by atoms with van der Waals surface area (Å²) < 4.78 is 11.5. The minimum absolute atomic E-state index is 0.111. The van der Waals surface area contributed by atoms with E-state index in [-0.39, 0.29) is 17.3 Å². The Morgan fingerprint density at radius 3 is 2.22 bits per heavy atom. The highest BCUT2D eigenvalue weighted by Crippen LogP contribution is 2.32. The second-order valence-corrected chi connectivity index (χ2v) is 7.78. The summed E-state index contributed by atoms with van der Waals surface area (Å²) in [6.45, 7) is 7.55. The standard InChI is InChI=1S/C19H27NO3/c1-19(2,3)23-17-7-5-13(6-8-17)18(21)14-9-15-11-22-12-16(10-14)20(15)4/h5-8,14-16H,9-12H2,1-4H3. The van der Waals surface area contributed by atoms with E-state index in [1.807, 2.05) is 45.0 Å². The van der Waals surface area contributed by atoms with Crippen molar-refractivity contribution >= 4 is 5.78 Å². The van der Waals surface area contributed by atoms with E-state index in [0.717, 1.165) is 37.4 Å². The average molecular weight is 317 g/mol. The van der Waals surface area contributed by atoms with Crippen LogP contribution in [0.5, 0.6) is 5.75 Å². The third-order valence-corrected chi connectivity index (χ3v) is 4.82. The van der Waals surface area contributed by atoms with Crippen molar-refractivity contribution in [2.24, 2.45) is 5.92 Å². The maximum Gasteiger partial charge on any atom is 0.166 e. The maximum absolute atomic E-state index is 12.8. The zero-order valence-electron chi connectivity index (χ0n) is 14.5. The molecule has 0 amide bonds. The molecule has 4 heteroatoms. The number of morpholine rings is 1. The lowest BCUT2D eigenvalue weighted by molar-refractivity contribution is -0.0702. The Kier molecular flexibility index (Phi) is 4.47. The molecule has 2 aliphatic heterocycles. The number of rotatable bonds is 3. The van der Waals surface area contributed by atoms with Crippen LogP contribution in [0.4, 0.5) is 0 Å². The number of likely N-dealkylation sites (N-methyl/N-ethyl adjacent to an activating group) is 1. The molecule has 2 aliphatic rings. The third kappa shape index (κ3) is 3.75. The molecular formula is C19H27NO3. The summed E-state index contributed by atoms with van der Waals surface area (Å²) in [6, 6.07) is 8.34. The summed E-state index contributed by atoms with van der Waals surface area (Å²) in [6.07, 6.45) is 1.79. The van der Waals surface area contributed by atoms with Gasteiger partial charge in [-0.25, -0.2) is 0 Å².